The molecule has 13 heteroatoms. The number of benzene rings is 2. The SMILES string of the molecule is CCCCOC(=O)CN(c1ccc2c(ccn2-c2cnc(N(C)C3CCOCC3)cn2)c1)S(=O)(=O)c1cc(Cl)cc(Cl)c1. The molecule has 2 aromatic carbocycles. The highest BCUT2D eigenvalue weighted by Gasteiger charge is 2.29. The van der Waals surface area contributed by atoms with Crippen molar-refractivity contribution < 1.29 is 22.7 Å². The summed E-state index contributed by atoms with van der Waals surface area (Å²) in [7, 11) is -2.22. The molecule has 3 heterocycles. The van der Waals surface area contributed by atoms with E-state index < -0.39 is 22.5 Å². The molecular weight excluding hydrogens is 613 g/mol. The van der Waals surface area contributed by atoms with Crippen LogP contribution in [0.5, 0.6) is 0 Å². The van der Waals surface area contributed by atoms with Crippen molar-refractivity contribution in [1.82, 2.24) is 14.5 Å². The molecule has 0 N–H and O–H groups in total. The van der Waals surface area contributed by atoms with E-state index in [2.05, 4.69) is 14.9 Å². The maximum Gasteiger partial charge on any atom is 0.326 e. The summed E-state index contributed by atoms with van der Waals surface area (Å²) in [5.74, 6) is 0.732. The standard InChI is InChI=1S/C30H33Cl2N5O5S/c1-3-4-11-42-30(38)20-37(43(39,40)26-16-22(31)15-23(32)17-26)25-5-6-27-21(14-25)7-10-36(27)29-19-33-28(18-34-29)35(2)24-8-12-41-13-9-24/h5-7,10,14-19,24H,3-4,8-9,11-13,20H2,1-2H3. The van der Waals surface area contributed by atoms with E-state index in [0.717, 1.165) is 53.5 Å². The van der Waals surface area contributed by atoms with Crippen LogP contribution < -0.4 is 9.21 Å². The Morgan fingerprint density at radius 2 is 1.81 bits per heavy atom. The minimum absolute atomic E-state index is 0.134. The number of hydrogen-bond donors (Lipinski definition) is 0. The second kappa shape index (κ2) is 13.5. The first-order valence-corrected chi connectivity index (χ1v) is 16.3. The monoisotopic (exact) mass is 645 g/mol. The van der Waals surface area contributed by atoms with E-state index in [1.807, 2.05) is 30.8 Å². The van der Waals surface area contributed by atoms with Crippen molar-refractivity contribution in [3.63, 3.8) is 0 Å². The lowest BCUT2D eigenvalue weighted by Crippen LogP contribution is -2.37. The number of carbonyl (C=O) groups is 1. The van der Waals surface area contributed by atoms with Crippen molar-refractivity contribution >= 4 is 61.6 Å². The first-order valence-electron chi connectivity index (χ1n) is 14.1. The van der Waals surface area contributed by atoms with E-state index in [9.17, 15) is 13.2 Å². The van der Waals surface area contributed by atoms with Crippen molar-refractivity contribution in [3.05, 3.63) is 71.1 Å². The van der Waals surface area contributed by atoms with Gasteiger partial charge in [-0.05, 0) is 61.7 Å². The van der Waals surface area contributed by atoms with Crippen LogP contribution in [-0.4, -0.2) is 68.4 Å². The molecule has 43 heavy (non-hydrogen) atoms. The van der Waals surface area contributed by atoms with E-state index in [1.165, 1.54) is 18.2 Å². The predicted octanol–water partition coefficient (Wildman–Crippen LogP) is 5.88. The fraction of sp³-hybridized carbons (Fsp3) is 0.367. The van der Waals surface area contributed by atoms with Gasteiger partial charge in [0.25, 0.3) is 10.0 Å². The van der Waals surface area contributed by atoms with Gasteiger partial charge in [0.1, 0.15) is 12.4 Å². The molecule has 0 amide bonds. The van der Waals surface area contributed by atoms with Gasteiger partial charge in [0.05, 0.1) is 35.1 Å². The molecule has 1 saturated heterocycles. The Hall–Kier alpha value is -3.38. The number of rotatable bonds is 11. The van der Waals surface area contributed by atoms with Gasteiger partial charge >= 0.3 is 5.97 Å². The quantitative estimate of drug-likeness (QED) is 0.147. The summed E-state index contributed by atoms with van der Waals surface area (Å²) in [6.07, 6.45) is 8.70. The minimum Gasteiger partial charge on any atom is -0.464 e. The molecule has 1 aliphatic rings. The van der Waals surface area contributed by atoms with Crippen molar-refractivity contribution in [2.75, 3.05) is 42.6 Å². The molecular formula is C30H33Cl2N5O5S. The number of ether oxygens (including phenoxy) is 2. The number of nitrogens with zero attached hydrogens (tertiary/aromatic N) is 5. The molecule has 228 valence electrons. The predicted molar refractivity (Wildman–Crippen MR) is 168 cm³/mol. The summed E-state index contributed by atoms with van der Waals surface area (Å²) in [5.41, 5.74) is 1.07. The Kier molecular flexibility index (Phi) is 9.75. The van der Waals surface area contributed by atoms with Crippen molar-refractivity contribution in [2.45, 2.75) is 43.5 Å². The average Bonchev–Trinajstić information content (AvgIpc) is 3.43. The fourth-order valence-corrected chi connectivity index (χ4v) is 7.11. The van der Waals surface area contributed by atoms with Crippen LogP contribution in [0.1, 0.15) is 32.6 Å². The molecule has 0 aliphatic carbocycles. The summed E-state index contributed by atoms with van der Waals surface area (Å²) in [5, 5.41) is 1.07. The maximum atomic E-state index is 13.8. The second-order valence-corrected chi connectivity index (χ2v) is 13.0. The first kappa shape index (κ1) is 31.1. The summed E-state index contributed by atoms with van der Waals surface area (Å²) in [4.78, 5) is 24.0. The van der Waals surface area contributed by atoms with E-state index in [4.69, 9.17) is 32.7 Å². The van der Waals surface area contributed by atoms with Crippen LogP contribution in [0.4, 0.5) is 11.5 Å². The first-order chi connectivity index (χ1) is 20.7. The number of esters is 1. The number of sulfonamides is 1. The topological polar surface area (TPSA) is 107 Å². The number of anilines is 2. The Balaban J connectivity index is 1.45. The summed E-state index contributed by atoms with van der Waals surface area (Å²) in [6, 6.07) is 11.4. The van der Waals surface area contributed by atoms with Crippen LogP contribution in [0.2, 0.25) is 10.0 Å². The zero-order chi connectivity index (χ0) is 30.6. The van der Waals surface area contributed by atoms with E-state index >= 15 is 0 Å². The maximum absolute atomic E-state index is 13.8. The van der Waals surface area contributed by atoms with Crippen LogP contribution in [0, 0.1) is 0 Å². The van der Waals surface area contributed by atoms with Crippen LogP contribution in [-0.2, 0) is 24.3 Å². The summed E-state index contributed by atoms with van der Waals surface area (Å²) >= 11 is 12.2. The molecule has 0 atom stereocenters. The molecule has 4 aromatic rings. The van der Waals surface area contributed by atoms with Crippen LogP contribution in [0.3, 0.4) is 0 Å². The lowest BCUT2D eigenvalue weighted by atomic mass is 10.1. The van der Waals surface area contributed by atoms with E-state index in [1.54, 1.807) is 30.6 Å². The molecule has 1 aliphatic heterocycles. The Bertz CT molecular complexity index is 1670. The smallest absolute Gasteiger partial charge is 0.326 e. The molecule has 0 radical (unpaired) electrons. The highest BCUT2D eigenvalue weighted by atomic mass is 35.5. The number of unbranched alkanes of at least 4 members (excludes halogenated alkanes) is 1. The second-order valence-electron chi connectivity index (χ2n) is 10.3. The lowest BCUT2D eigenvalue weighted by molar-refractivity contribution is -0.141. The number of aromatic nitrogens is 3. The molecule has 0 spiro atoms. The van der Waals surface area contributed by atoms with Crippen LogP contribution >= 0.6 is 23.2 Å². The molecule has 2 aromatic heterocycles. The summed E-state index contributed by atoms with van der Waals surface area (Å²) < 4.78 is 41.3. The molecule has 10 nitrogen and oxygen atoms in total. The third-order valence-corrected chi connectivity index (χ3v) is 9.58. The van der Waals surface area contributed by atoms with E-state index in [-0.39, 0.29) is 27.2 Å². The number of carbonyl (C=O) groups excluding carboxylic acids is 1. The number of hydrogen-bond acceptors (Lipinski definition) is 8. The Labute approximate surface area is 261 Å². The van der Waals surface area contributed by atoms with Gasteiger partial charge in [-0.25, -0.2) is 18.4 Å². The molecule has 0 saturated carbocycles. The van der Waals surface area contributed by atoms with Gasteiger partial charge in [-0.2, -0.15) is 0 Å². The normalized spacial score (nSPS) is 14.1. The van der Waals surface area contributed by atoms with Gasteiger partial charge in [-0.1, -0.05) is 36.5 Å². The van der Waals surface area contributed by atoms with Crippen molar-refractivity contribution in [2.24, 2.45) is 0 Å². The van der Waals surface area contributed by atoms with Gasteiger partial charge < -0.3 is 14.4 Å². The van der Waals surface area contributed by atoms with Gasteiger partial charge in [-0.15, -0.1) is 0 Å². The Morgan fingerprint density at radius 3 is 2.49 bits per heavy atom. The molecule has 5 rings (SSSR count). The third-order valence-electron chi connectivity index (χ3n) is 7.39. The largest absolute Gasteiger partial charge is 0.464 e. The highest BCUT2D eigenvalue weighted by Crippen LogP contribution is 2.31. The third kappa shape index (κ3) is 7.06. The zero-order valence-electron chi connectivity index (χ0n) is 23.9. The molecule has 1 fully saturated rings. The van der Waals surface area contributed by atoms with Gasteiger partial charge in [0.15, 0.2) is 5.82 Å². The number of halogens is 2. The zero-order valence-corrected chi connectivity index (χ0v) is 26.3. The minimum atomic E-state index is -4.24. The van der Waals surface area contributed by atoms with Crippen LogP contribution in [0.25, 0.3) is 16.7 Å². The van der Waals surface area contributed by atoms with Crippen molar-refractivity contribution in [1.29, 1.82) is 0 Å². The fourth-order valence-electron chi connectivity index (χ4n) is 4.98. The number of fused-ring (bicyclic) bond motifs is 1. The van der Waals surface area contributed by atoms with Gasteiger partial charge in [-0.3, -0.25) is 13.7 Å². The van der Waals surface area contributed by atoms with E-state index in [0.29, 0.717) is 18.3 Å². The van der Waals surface area contributed by atoms with Crippen LogP contribution in [0.15, 0.2) is 66.0 Å². The molecule has 0 bridgehead atoms. The van der Waals surface area contributed by atoms with Gasteiger partial charge in [0.2, 0.25) is 0 Å². The molecule has 0 unspecified atom stereocenters. The average molecular weight is 647 g/mol. The summed E-state index contributed by atoms with van der Waals surface area (Å²) in [6.45, 7) is 3.14. The Morgan fingerprint density at radius 1 is 1.07 bits per heavy atom. The highest BCUT2D eigenvalue weighted by molar-refractivity contribution is 7.92. The van der Waals surface area contributed by atoms with Gasteiger partial charge in [0, 0.05) is 47.9 Å². The lowest BCUT2D eigenvalue weighted by Gasteiger charge is -2.31. The van der Waals surface area contributed by atoms with Crippen molar-refractivity contribution in [3.8, 4) is 5.82 Å².